The van der Waals surface area contributed by atoms with Gasteiger partial charge in [-0.15, -0.1) is 0 Å². The van der Waals surface area contributed by atoms with Crippen LogP contribution in [0.25, 0.3) is 11.4 Å². The number of guanidine groups is 1. The molecule has 0 amide bonds. The minimum atomic E-state index is 0.374. The van der Waals surface area contributed by atoms with Crippen molar-refractivity contribution < 1.29 is 4.52 Å². The summed E-state index contributed by atoms with van der Waals surface area (Å²) in [6.45, 7) is 3.35. The number of hydrogen-bond donors (Lipinski definition) is 2. The van der Waals surface area contributed by atoms with Gasteiger partial charge in [0, 0.05) is 49.5 Å². The molecule has 1 aliphatic rings. The maximum atomic E-state index is 5.93. The first-order chi connectivity index (χ1) is 15.2. The van der Waals surface area contributed by atoms with Gasteiger partial charge in [0.2, 0.25) is 11.7 Å². The maximum Gasteiger partial charge on any atom is 0.246 e. The first-order valence-electron chi connectivity index (χ1n) is 10.4. The zero-order valence-corrected chi connectivity index (χ0v) is 18.2. The number of rotatable bonds is 6. The lowest BCUT2D eigenvalue weighted by Gasteiger charge is -2.32. The summed E-state index contributed by atoms with van der Waals surface area (Å²) >= 11 is 5.93. The van der Waals surface area contributed by atoms with Crippen LogP contribution in [-0.4, -0.2) is 52.2 Å². The Balaban J connectivity index is 1.23. The second kappa shape index (κ2) is 10.4. The van der Waals surface area contributed by atoms with Crippen molar-refractivity contribution in [3.05, 3.63) is 65.3 Å². The molecule has 2 N–H and O–H groups in total. The number of aromatic nitrogens is 3. The molecule has 1 saturated heterocycles. The molecular formula is C22H26ClN7O. The van der Waals surface area contributed by atoms with E-state index in [1.165, 1.54) is 0 Å². The van der Waals surface area contributed by atoms with Gasteiger partial charge < -0.3 is 15.2 Å². The average molecular weight is 440 g/mol. The Morgan fingerprint density at radius 2 is 2.00 bits per heavy atom. The molecule has 0 spiro atoms. The molecule has 8 nitrogen and oxygen atoms in total. The predicted octanol–water partition coefficient (Wildman–Crippen LogP) is 3.11. The maximum absolute atomic E-state index is 5.93. The van der Waals surface area contributed by atoms with Crippen LogP contribution < -0.4 is 10.6 Å². The van der Waals surface area contributed by atoms with E-state index in [1.807, 2.05) is 30.5 Å². The molecule has 162 valence electrons. The SMILES string of the molecule is CN=C(NCc1nc(-c2ccc(Cl)cc2)no1)NC1CCN(Cc2ccccn2)CC1. The minimum Gasteiger partial charge on any atom is -0.354 e. The van der Waals surface area contributed by atoms with Crippen molar-refractivity contribution in [3.8, 4) is 11.4 Å². The highest BCUT2D eigenvalue weighted by Gasteiger charge is 2.20. The Bertz CT molecular complexity index is 983. The molecule has 0 saturated carbocycles. The van der Waals surface area contributed by atoms with Crippen LogP contribution in [0.15, 0.2) is 58.2 Å². The van der Waals surface area contributed by atoms with Crippen molar-refractivity contribution in [1.29, 1.82) is 0 Å². The van der Waals surface area contributed by atoms with Gasteiger partial charge in [0.25, 0.3) is 0 Å². The first kappa shape index (κ1) is 21.3. The van der Waals surface area contributed by atoms with E-state index in [0.717, 1.165) is 49.7 Å². The highest BCUT2D eigenvalue weighted by atomic mass is 35.5. The zero-order chi connectivity index (χ0) is 21.5. The number of likely N-dealkylation sites (tertiary alicyclic amines) is 1. The van der Waals surface area contributed by atoms with Gasteiger partial charge in [-0.1, -0.05) is 22.8 Å². The van der Waals surface area contributed by atoms with E-state index in [-0.39, 0.29) is 0 Å². The van der Waals surface area contributed by atoms with Gasteiger partial charge in [0.1, 0.15) is 0 Å². The highest BCUT2D eigenvalue weighted by Crippen LogP contribution is 2.18. The average Bonchev–Trinajstić information content (AvgIpc) is 3.28. The summed E-state index contributed by atoms with van der Waals surface area (Å²) < 4.78 is 5.35. The fourth-order valence-electron chi connectivity index (χ4n) is 3.55. The number of pyridine rings is 1. The van der Waals surface area contributed by atoms with Gasteiger partial charge in [-0.2, -0.15) is 4.98 Å². The molecule has 9 heteroatoms. The van der Waals surface area contributed by atoms with Crippen LogP contribution in [-0.2, 0) is 13.1 Å². The van der Waals surface area contributed by atoms with E-state index >= 15 is 0 Å². The summed E-state index contributed by atoms with van der Waals surface area (Å²) in [6.07, 6.45) is 3.95. The van der Waals surface area contributed by atoms with Crippen molar-refractivity contribution >= 4 is 17.6 Å². The molecule has 1 aliphatic heterocycles. The Hall–Kier alpha value is -2.97. The molecule has 1 aromatic carbocycles. The highest BCUT2D eigenvalue weighted by molar-refractivity contribution is 6.30. The number of benzene rings is 1. The quantitative estimate of drug-likeness (QED) is 0.450. The van der Waals surface area contributed by atoms with Crippen molar-refractivity contribution in [2.75, 3.05) is 20.1 Å². The number of aliphatic imine (C=N–C) groups is 1. The molecule has 0 atom stereocenters. The van der Waals surface area contributed by atoms with Crippen molar-refractivity contribution in [1.82, 2.24) is 30.7 Å². The van der Waals surface area contributed by atoms with E-state index < -0.39 is 0 Å². The molecule has 31 heavy (non-hydrogen) atoms. The Morgan fingerprint density at radius 1 is 1.19 bits per heavy atom. The van der Waals surface area contributed by atoms with Gasteiger partial charge in [0.05, 0.1) is 12.2 Å². The summed E-state index contributed by atoms with van der Waals surface area (Å²) in [5, 5.41) is 11.5. The largest absolute Gasteiger partial charge is 0.354 e. The fraction of sp³-hybridized carbons (Fsp3) is 0.364. The molecule has 0 aliphatic carbocycles. The van der Waals surface area contributed by atoms with Crippen molar-refractivity contribution in [2.24, 2.45) is 4.99 Å². The van der Waals surface area contributed by atoms with Crippen LogP contribution in [0.5, 0.6) is 0 Å². The standard InChI is InChI=1S/C22H26ClN7O/c1-24-22(26-14-20-28-21(29-31-20)16-5-7-17(23)8-6-16)27-18-9-12-30(13-10-18)15-19-4-2-3-11-25-19/h2-8,11,18H,9-10,12-15H2,1H3,(H2,24,26,27). The number of nitrogens with one attached hydrogen (secondary N) is 2. The van der Waals surface area contributed by atoms with E-state index in [4.69, 9.17) is 16.1 Å². The number of piperidine rings is 1. The van der Waals surface area contributed by atoms with Crippen LogP contribution in [0.3, 0.4) is 0 Å². The molecule has 3 aromatic rings. The van der Waals surface area contributed by atoms with Crippen molar-refractivity contribution in [3.63, 3.8) is 0 Å². The molecule has 4 rings (SSSR count). The summed E-state index contributed by atoms with van der Waals surface area (Å²) in [5.74, 6) is 1.77. The van der Waals surface area contributed by atoms with E-state index in [9.17, 15) is 0 Å². The van der Waals surface area contributed by atoms with Crippen LogP contribution in [0.1, 0.15) is 24.4 Å². The topological polar surface area (TPSA) is 91.5 Å². The second-order valence-electron chi connectivity index (χ2n) is 7.46. The Kier molecular flexibility index (Phi) is 7.11. The number of hydrogen-bond acceptors (Lipinski definition) is 6. The smallest absolute Gasteiger partial charge is 0.246 e. The minimum absolute atomic E-state index is 0.374. The van der Waals surface area contributed by atoms with Crippen LogP contribution >= 0.6 is 11.6 Å². The summed E-state index contributed by atoms with van der Waals surface area (Å²) in [4.78, 5) is 15.6. The van der Waals surface area contributed by atoms with Crippen LogP contribution in [0.2, 0.25) is 5.02 Å². The van der Waals surface area contributed by atoms with E-state index in [2.05, 4.69) is 41.7 Å². The molecule has 0 unspecified atom stereocenters. The predicted molar refractivity (Wildman–Crippen MR) is 121 cm³/mol. The van der Waals surface area contributed by atoms with Gasteiger partial charge in [-0.3, -0.25) is 14.9 Å². The number of halogens is 1. The van der Waals surface area contributed by atoms with Crippen LogP contribution in [0.4, 0.5) is 0 Å². The lowest BCUT2D eigenvalue weighted by Crippen LogP contribution is -2.48. The fourth-order valence-corrected chi connectivity index (χ4v) is 3.67. The van der Waals surface area contributed by atoms with Gasteiger partial charge >= 0.3 is 0 Å². The third-order valence-electron chi connectivity index (χ3n) is 5.24. The van der Waals surface area contributed by atoms with Gasteiger partial charge in [0.15, 0.2) is 5.96 Å². The van der Waals surface area contributed by atoms with Crippen LogP contribution in [0, 0.1) is 0 Å². The molecule has 1 fully saturated rings. The summed E-state index contributed by atoms with van der Waals surface area (Å²) in [6, 6.07) is 13.8. The first-order valence-corrected chi connectivity index (χ1v) is 10.8. The second-order valence-corrected chi connectivity index (χ2v) is 7.90. The normalized spacial score (nSPS) is 15.7. The lowest BCUT2D eigenvalue weighted by atomic mass is 10.1. The Morgan fingerprint density at radius 3 is 2.71 bits per heavy atom. The molecule has 0 radical (unpaired) electrons. The Labute approximate surface area is 186 Å². The van der Waals surface area contributed by atoms with Gasteiger partial charge in [-0.25, -0.2) is 0 Å². The third kappa shape index (κ3) is 6.02. The lowest BCUT2D eigenvalue weighted by molar-refractivity contribution is 0.196. The molecular weight excluding hydrogens is 414 g/mol. The van der Waals surface area contributed by atoms with Crippen molar-refractivity contribution in [2.45, 2.75) is 32.0 Å². The molecule has 3 heterocycles. The monoisotopic (exact) mass is 439 g/mol. The molecule has 2 aromatic heterocycles. The third-order valence-corrected chi connectivity index (χ3v) is 5.49. The van der Waals surface area contributed by atoms with Gasteiger partial charge in [-0.05, 0) is 49.2 Å². The number of nitrogens with zero attached hydrogens (tertiary/aromatic N) is 5. The van der Waals surface area contributed by atoms with E-state index in [1.54, 1.807) is 19.2 Å². The van der Waals surface area contributed by atoms with E-state index in [0.29, 0.717) is 29.3 Å². The summed E-state index contributed by atoms with van der Waals surface area (Å²) in [7, 11) is 1.76. The zero-order valence-electron chi connectivity index (χ0n) is 17.5. The summed E-state index contributed by atoms with van der Waals surface area (Å²) in [5.41, 5.74) is 1.98. The molecule has 0 bridgehead atoms.